The zero-order valence-electron chi connectivity index (χ0n) is 22.0. The average Bonchev–Trinajstić information content (AvgIpc) is 3.71. The van der Waals surface area contributed by atoms with Crippen LogP contribution in [-0.4, -0.2) is 51.3 Å². The molecule has 3 aromatic carbocycles. The fourth-order valence-electron chi connectivity index (χ4n) is 5.00. The number of urea groups is 2. The average molecular weight is 568 g/mol. The van der Waals surface area contributed by atoms with Gasteiger partial charge in [0.25, 0.3) is 0 Å². The number of nitriles is 1. The van der Waals surface area contributed by atoms with E-state index >= 15 is 0 Å². The van der Waals surface area contributed by atoms with Crippen LogP contribution in [0.4, 0.5) is 26.7 Å². The Morgan fingerprint density at radius 2 is 1.60 bits per heavy atom. The topological polar surface area (TPSA) is 213 Å². The molecule has 14 nitrogen and oxygen atoms in total. The van der Waals surface area contributed by atoms with Crippen molar-refractivity contribution in [3.63, 3.8) is 0 Å². The Kier molecular flexibility index (Phi) is 6.91. The normalized spacial score (nSPS) is 14.5. The molecule has 42 heavy (non-hydrogen) atoms. The van der Waals surface area contributed by atoms with E-state index in [2.05, 4.69) is 41.2 Å². The lowest BCUT2D eigenvalue weighted by molar-refractivity contribution is 0.112. The molecule has 0 radical (unpaired) electrons. The van der Waals surface area contributed by atoms with Crippen LogP contribution in [0, 0.1) is 11.3 Å². The fourth-order valence-corrected chi connectivity index (χ4v) is 5.00. The van der Waals surface area contributed by atoms with E-state index in [1.54, 1.807) is 48.5 Å². The third-order valence-electron chi connectivity index (χ3n) is 6.88. The van der Waals surface area contributed by atoms with Crippen molar-refractivity contribution in [2.45, 2.75) is 18.9 Å². The van der Waals surface area contributed by atoms with E-state index < -0.39 is 23.4 Å². The molecule has 6 rings (SSSR count). The maximum atomic E-state index is 13.0. The molecule has 4 amide bonds. The van der Waals surface area contributed by atoms with Gasteiger partial charge in [0, 0.05) is 35.7 Å². The zero-order chi connectivity index (χ0) is 29.2. The molecule has 8 N–H and O–H groups in total. The predicted molar refractivity (Wildman–Crippen MR) is 157 cm³/mol. The lowest BCUT2D eigenvalue weighted by Crippen LogP contribution is -2.35. The Morgan fingerprint density at radius 1 is 0.857 bits per heavy atom. The molecule has 14 heteroatoms. The highest BCUT2D eigenvalue weighted by molar-refractivity contribution is 6.11. The van der Waals surface area contributed by atoms with Crippen LogP contribution >= 0.6 is 0 Å². The smallest absolute Gasteiger partial charge is 0.323 e. The Labute approximate surface area is 236 Å². The second-order valence-corrected chi connectivity index (χ2v) is 9.75. The number of nitrogens with one attached hydrogen (secondary N) is 8. The Morgan fingerprint density at radius 3 is 2.33 bits per heavy atom. The number of aromatic amines is 4. The van der Waals surface area contributed by atoms with Crippen molar-refractivity contribution in [1.82, 2.24) is 25.3 Å². The van der Waals surface area contributed by atoms with E-state index in [0.29, 0.717) is 69.0 Å². The Balaban J connectivity index is 1.37. The molecule has 0 bridgehead atoms. The molecular formula is C28H25N9O5. The molecule has 0 saturated carbocycles. The molecule has 3 heterocycles. The van der Waals surface area contributed by atoms with Crippen LogP contribution in [0.25, 0.3) is 33.2 Å². The van der Waals surface area contributed by atoms with Crippen LogP contribution in [0.1, 0.15) is 18.4 Å². The van der Waals surface area contributed by atoms with Gasteiger partial charge in [0.05, 0.1) is 45.5 Å². The number of benzene rings is 3. The standard InChI is InChI=1S/C28H25N9O5/c29-12-14-3-5-15(6-4-14)31-26(39)33-19-7-8-20-24(37-27(40)34-20)22(19)18-10-16(11-21-23(18)36-28(41)35-21)32-25(38)30-13-17-2-1-9-42-17/h3-8,10-11,17H,1-2,9,13H2,(H2,30,32,38)(H2,31,33,39)(H2,34,37,40)(H2,35,36,41). The van der Waals surface area contributed by atoms with Gasteiger partial charge in [0.1, 0.15) is 0 Å². The summed E-state index contributed by atoms with van der Waals surface area (Å²) in [5.41, 5.74) is 3.09. The van der Waals surface area contributed by atoms with Crippen LogP contribution in [-0.2, 0) is 4.74 Å². The molecule has 1 atom stereocenters. The number of nitrogens with zero attached hydrogens (tertiary/aromatic N) is 1. The number of ether oxygens (including phenoxy) is 1. The molecule has 0 aliphatic carbocycles. The van der Waals surface area contributed by atoms with Gasteiger partial charge in [-0.25, -0.2) is 19.2 Å². The molecule has 5 aromatic rings. The van der Waals surface area contributed by atoms with Gasteiger partial charge in [-0.3, -0.25) is 0 Å². The van der Waals surface area contributed by atoms with Gasteiger partial charge in [-0.15, -0.1) is 0 Å². The van der Waals surface area contributed by atoms with Gasteiger partial charge in [-0.05, 0) is 61.4 Å². The highest BCUT2D eigenvalue weighted by Crippen LogP contribution is 2.38. The molecule has 1 fully saturated rings. The second kappa shape index (κ2) is 11.0. The number of rotatable bonds is 6. The molecule has 1 unspecified atom stereocenters. The van der Waals surface area contributed by atoms with Crippen molar-refractivity contribution >= 4 is 51.2 Å². The minimum Gasteiger partial charge on any atom is -0.376 e. The molecule has 1 saturated heterocycles. The van der Waals surface area contributed by atoms with Gasteiger partial charge in [-0.2, -0.15) is 5.26 Å². The van der Waals surface area contributed by atoms with Crippen molar-refractivity contribution < 1.29 is 14.3 Å². The lowest BCUT2D eigenvalue weighted by Gasteiger charge is -2.16. The fraction of sp³-hybridized carbons (Fsp3) is 0.179. The molecule has 0 spiro atoms. The summed E-state index contributed by atoms with van der Waals surface area (Å²) in [5.74, 6) is 0. The monoisotopic (exact) mass is 567 g/mol. The summed E-state index contributed by atoms with van der Waals surface area (Å²) in [5, 5.41) is 20.1. The number of hydrogen-bond acceptors (Lipinski definition) is 6. The van der Waals surface area contributed by atoms with Crippen molar-refractivity contribution in [3.05, 3.63) is 75.1 Å². The summed E-state index contributed by atoms with van der Waals surface area (Å²) in [6.45, 7) is 1.03. The van der Waals surface area contributed by atoms with Crippen molar-refractivity contribution in [3.8, 4) is 17.2 Å². The van der Waals surface area contributed by atoms with Gasteiger partial charge in [-0.1, -0.05) is 0 Å². The zero-order valence-corrected chi connectivity index (χ0v) is 22.0. The quantitative estimate of drug-likeness (QED) is 0.154. The molecule has 1 aliphatic heterocycles. The third-order valence-corrected chi connectivity index (χ3v) is 6.88. The van der Waals surface area contributed by atoms with Crippen LogP contribution in [0.15, 0.2) is 58.1 Å². The summed E-state index contributed by atoms with van der Waals surface area (Å²) in [4.78, 5) is 61.3. The highest BCUT2D eigenvalue weighted by atomic mass is 16.5. The van der Waals surface area contributed by atoms with Crippen molar-refractivity contribution in [2.24, 2.45) is 0 Å². The highest BCUT2D eigenvalue weighted by Gasteiger charge is 2.21. The number of anilines is 3. The summed E-state index contributed by atoms with van der Waals surface area (Å²) >= 11 is 0. The first-order valence-electron chi connectivity index (χ1n) is 13.1. The van der Waals surface area contributed by atoms with E-state index in [-0.39, 0.29) is 6.10 Å². The number of carbonyl (C=O) groups is 2. The van der Waals surface area contributed by atoms with E-state index in [1.165, 1.54) is 0 Å². The number of H-pyrrole nitrogens is 4. The van der Waals surface area contributed by atoms with Gasteiger partial charge >= 0.3 is 23.4 Å². The summed E-state index contributed by atoms with van der Waals surface area (Å²) in [6, 6.07) is 13.8. The first-order chi connectivity index (χ1) is 20.4. The minimum atomic E-state index is -0.584. The molecule has 1 aliphatic rings. The van der Waals surface area contributed by atoms with E-state index in [1.807, 2.05) is 6.07 Å². The number of aromatic nitrogens is 4. The number of fused-ring (bicyclic) bond motifs is 2. The largest absolute Gasteiger partial charge is 0.376 e. The van der Waals surface area contributed by atoms with E-state index in [0.717, 1.165) is 12.8 Å². The van der Waals surface area contributed by atoms with Crippen LogP contribution in [0.2, 0.25) is 0 Å². The summed E-state index contributed by atoms with van der Waals surface area (Å²) in [7, 11) is 0. The number of hydrogen-bond donors (Lipinski definition) is 8. The van der Waals surface area contributed by atoms with Crippen molar-refractivity contribution in [2.75, 3.05) is 29.1 Å². The Bertz CT molecular complexity index is 1970. The second-order valence-electron chi connectivity index (χ2n) is 9.75. The van der Waals surface area contributed by atoms with E-state index in [9.17, 15) is 19.2 Å². The molecular weight excluding hydrogens is 542 g/mol. The molecule has 212 valence electrons. The van der Waals surface area contributed by atoms with E-state index in [4.69, 9.17) is 10.00 Å². The van der Waals surface area contributed by atoms with Gasteiger partial charge in [0.15, 0.2) is 0 Å². The maximum absolute atomic E-state index is 13.0. The number of amides is 4. The van der Waals surface area contributed by atoms with Gasteiger partial charge < -0.3 is 45.9 Å². The van der Waals surface area contributed by atoms with Crippen molar-refractivity contribution in [1.29, 1.82) is 5.26 Å². The SMILES string of the molecule is N#Cc1ccc(NC(=O)Nc2ccc3[nH]c(=O)[nH]c3c2-c2cc(NC(=O)NCC3CCCO3)cc3[nH]c(=O)[nH]c23)cc1. The van der Waals surface area contributed by atoms with Crippen LogP contribution in [0.5, 0.6) is 0 Å². The number of imidazole rings is 2. The first kappa shape index (κ1) is 26.4. The predicted octanol–water partition coefficient (Wildman–Crippen LogP) is 3.51. The third kappa shape index (κ3) is 5.44. The lowest BCUT2D eigenvalue weighted by atomic mass is 9.99. The summed E-state index contributed by atoms with van der Waals surface area (Å²) in [6.07, 6.45) is 1.78. The van der Waals surface area contributed by atoms with Gasteiger partial charge in [0.2, 0.25) is 0 Å². The minimum absolute atomic E-state index is 0.0399. The van der Waals surface area contributed by atoms with Crippen LogP contribution < -0.4 is 32.6 Å². The Hall–Kier alpha value is -5.81. The first-order valence-corrected chi connectivity index (χ1v) is 13.1. The summed E-state index contributed by atoms with van der Waals surface area (Å²) < 4.78 is 5.56. The molecule has 2 aromatic heterocycles. The number of carbonyl (C=O) groups excluding carboxylic acids is 2. The van der Waals surface area contributed by atoms with Crippen LogP contribution in [0.3, 0.4) is 0 Å². The maximum Gasteiger partial charge on any atom is 0.323 e.